The predicted molar refractivity (Wildman–Crippen MR) is 39.0 cm³/mol. The minimum Gasteiger partial charge on any atom is -0.506 e. The van der Waals surface area contributed by atoms with Gasteiger partial charge >= 0.3 is 0 Å². The fourth-order valence-electron chi connectivity index (χ4n) is 0.683. The molecule has 0 heterocycles. The minimum atomic E-state index is 0.0764. The van der Waals surface area contributed by atoms with Crippen molar-refractivity contribution in [2.24, 2.45) is 11.7 Å². The molecule has 0 spiro atoms. The van der Waals surface area contributed by atoms with Crippen LogP contribution in [0.3, 0.4) is 0 Å². The number of anilines is 1. The summed E-state index contributed by atoms with van der Waals surface area (Å²) in [6.45, 7) is 0. The second kappa shape index (κ2) is 2.55. The summed E-state index contributed by atoms with van der Waals surface area (Å²) in [6, 6.07) is 6.57. The smallest absolute Gasteiger partial charge is 0.141 e. The van der Waals surface area contributed by atoms with Gasteiger partial charge in [-0.3, -0.25) is 0 Å². The largest absolute Gasteiger partial charge is 0.506 e. The van der Waals surface area contributed by atoms with Gasteiger partial charge in [-0.1, -0.05) is 12.1 Å². The van der Waals surface area contributed by atoms with Crippen LogP contribution in [0.1, 0.15) is 0 Å². The maximum Gasteiger partial charge on any atom is 0.141 e. The van der Waals surface area contributed by atoms with E-state index in [0.717, 1.165) is 5.12 Å². The number of nitrogens with zero attached hydrogens (tertiary/aromatic N) is 1. The Morgan fingerprint density at radius 2 is 1.80 bits per heavy atom. The lowest BCUT2D eigenvalue weighted by molar-refractivity contribution is 0.474. The Morgan fingerprint density at radius 1 is 1.20 bits per heavy atom. The molecule has 10 heavy (non-hydrogen) atoms. The zero-order valence-corrected chi connectivity index (χ0v) is 5.36. The van der Waals surface area contributed by atoms with Crippen molar-refractivity contribution in [1.82, 2.24) is 0 Å². The maximum atomic E-state index is 9.08. The Morgan fingerprint density at radius 3 is 2.20 bits per heavy atom. The molecule has 5 N–H and O–H groups in total. The first-order chi connectivity index (χ1) is 4.72. The van der Waals surface area contributed by atoms with Crippen LogP contribution in [0.15, 0.2) is 24.3 Å². The van der Waals surface area contributed by atoms with E-state index in [2.05, 4.69) is 0 Å². The fraction of sp³-hybridized carbons (Fsp3) is 0. The van der Waals surface area contributed by atoms with Crippen LogP contribution >= 0.6 is 0 Å². The van der Waals surface area contributed by atoms with Crippen LogP contribution < -0.4 is 16.8 Å². The van der Waals surface area contributed by atoms with E-state index < -0.39 is 0 Å². The van der Waals surface area contributed by atoms with Gasteiger partial charge in [0.05, 0.1) is 0 Å². The zero-order chi connectivity index (χ0) is 7.56. The fourth-order valence-corrected chi connectivity index (χ4v) is 0.683. The molecule has 1 rings (SSSR count). The van der Waals surface area contributed by atoms with Crippen LogP contribution in [0.2, 0.25) is 0 Å². The second-order valence-corrected chi connectivity index (χ2v) is 1.90. The van der Waals surface area contributed by atoms with E-state index in [4.69, 9.17) is 16.8 Å². The van der Waals surface area contributed by atoms with Crippen LogP contribution in [0, 0.1) is 0 Å². The maximum absolute atomic E-state index is 9.08. The molecule has 0 amide bonds. The van der Waals surface area contributed by atoms with Crippen LogP contribution in [0.25, 0.3) is 0 Å². The van der Waals surface area contributed by atoms with E-state index in [1.165, 1.54) is 6.07 Å². The van der Waals surface area contributed by atoms with Gasteiger partial charge in [0.1, 0.15) is 11.4 Å². The molecule has 0 fully saturated rings. The molecule has 1 aromatic carbocycles. The molecule has 0 bridgehead atoms. The highest BCUT2D eigenvalue weighted by Gasteiger charge is 1.99. The van der Waals surface area contributed by atoms with Gasteiger partial charge < -0.3 is 5.11 Å². The zero-order valence-electron chi connectivity index (χ0n) is 5.36. The number of phenols is 1. The van der Waals surface area contributed by atoms with Gasteiger partial charge in [0.2, 0.25) is 0 Å². The van der Waals surface area contributed by atoms with Gasteiger partial charge in [0.15, 0.2) is 0 Å². The standard InChI is InChI=1S/C6H9N3O/c7-9(8)5-3-1-2-4-6(5)10/h1-4,10H,7-8H2. The molecule has 0 atom stereocenters. The molecule has 0 radical (unpaired) electrons. The third-order valence-electron chi connectivity index (χ3n) is 1.16. The number of rotatable bonds is 1. The summed E-state index contributed by atoms with van der Waals surface area (Å²) in [5.74, 6) is 10.4. The third kappa shape index (κ3) is 1.18. The summed E-state index contributed by atoms with van der Waals surface area (Å²) in [6.07, 6.45) is 0. The Kier molecular flexibility index (Phi) is 1.75. The Labute approximate surface area is 58.6 Å². The van der Waals surface area contributed by atoms with Crippen molar-refractivity contribution in [2.75, 3.05) is 5.12 Å². The summed E-state index contributed by atoms with van der Waals surface area (Å²) in [4.78, 5) is 0. The number of aromatic hydroxyl groups is 1. The Hall–Kier alpha value is -1.26. The summed E-state index contributed by atoms with van der Waals surface area (Å²) in [5.41, 5.74) is 0.405. The lowest BCUT2D eigenvalue weighted by Crippen LogP contribution is -2.37. The van der Waals surface area contributed by atoms with Crippen molar-refractivity contribution in [3.63, 3.8) is 0 Å². The normalized spacial score (nSPS) is 9.40. The van der Waals surface area contributed by atoms with Crippen molar-refractivity contribution in [1.29, 1.82) is 0 Å². The molecule has 0 saturated heterocycles. The number of phenolic OH excluding ortho intramolecular Hbond substituents is 1. The molecule has 54 valence electrons. The van der Waals surface area contributed by atoms with Crippen molar-refractivity contribution in [3.05, 3.63) is 24.3 Å². The average Bonchev–Trinajstić information content (AvgIpc) is 1.88. The first-order valence-corrected chi connectivity index (χ1v) is 2.79. The monoisotopic (exact) mass is 139 g/mol. The van der Waals surface area contributed by atoms with E-state index >= 15 is 0 Å². The van der Waals surface area contributed by atoms with Crippen molar-refractivity contribution in [2.45, 2.75) is 0 Å². The molecule has 0 unspecified atom stereocenters. The molecule has 0 aliphatic heterocycles. The SMILES string of the molecule is NN(N)c1ccccc1O. The molecule has 0 aliphatic carbocycles. The molecular formula is C6H9N3O. The lowest BCUT2D eigenvalue weighted by Gasteiger charge is -2.11. The van der Waals surface area contributed by atoms with E-state index in [0.29, 0.717) is 5.69 Å². The number of hydrogen-bond acceptors (Lipinski definition) is 4. The molecule has 0 aromatic heterocycles. The number of hydrogen-bond donors (Lipinski definition) is 3. The minimum absolute atomic E-state index is 0.0764. The number of nitrogens with two attached hydrogens (primary N) is 2. The van der Waals surface area contributed by atoms with Gasteiger partial charge in [-0.05, 0) is 12.1 Å². The summed E-state index contributed by atoms with van der Waals surface area (Å²) in [7, 11) is 0. The quantitative estimate of drug-likeness (QED) is 0.376. The van der Waals surface area contributed by atoms with E-state index in [9.17, 15) is 0 Å². The Balaban J connectivity index is 3.03. The van der Waals surface area contributed by atoms with Crippen molar-refractivity contribution < 1.29 is 5.11 Å². The van der Waals surface area contributed by atoms with Crippen LogP contribution in [0.5, 0.6) is 5.75 Å². The number of hydrazine groups is 2. The van der Waals surface area contributed by atoms with E-state index in [1.54, 1.807) is 18.2 Å². The highest BCUT2D eigenvalue weighted by Crippen LogP contribution is 2.21. The lowest BCUT2D eigenvalue weighted by atomic mass is 10.3. The summed E-state index contributed by atoms with van der Waals surface area (Å²) >= 11 is 0. The van der Waals surface area contributed by atoms with Gasteiger partial charge in [0.25, 0.3) is 0 Å². The van der Waals surface area contributed by atoms with Crippen molar-refractivity contribution in [3.8, 4) is 5.75 Å². The van der Waals surface area contributed by atoms with Gasteiger partial charge in [-0.2, -0.15) is 0 Å². The molecule has 0 saturated carbocycles. The van der Waals surface area contributed by atoms with Gasteiger partial charge in [0, 0.05) is 0 Å². The van der Waals surface area contributed by atoms with Crippen LogP contribution in [0.4, 0.5) is 5.69 Å². The third-order valence-corrected chi connectivity index (χ3v) is 1.16. The molecule has 0 aliphatic rings. The first-order valence-electron chi connectivity index (χ1n) is 2.79. The highest BCUT2D eigenvalue weighted by molar-refractivity contribution is 5.55. The van der Waals surface area contributed by atoms with E-state index in [-0.39, 0.29) is 5.75 Å². The number of para-hydroxylation sites is 2. The van der Waals surface area contributed by atoms with Gasteiger partial charge in [-0.25, -0.2) is 16.8 Å². The van der Waals surface area contributed by atoms with Crippen molar-refractivity contribution >= 4 is 5.69 Å². The summed E-state index contributed by atoms with van der Waals surface area (Å²) < 4.78 is 0. The average molecular weight is 139 g/mol. The van der Waals surface area contributed by atoms with Gasteiger partial charge in [-0.15, -0.1) is 0 Å². The molecular weight excluding hydrogens is 130 g/mol. The topological polar surface area (TPSA) is 75.5 Å². The highest BCUT2D eigenvalue weighted by atomic mass is 16.3. The summed E-state index contributed by atoms with van der Waals surface area (Å²) in [5, 5.41) is 9.95. The Bertz CT molecular complexity index is 224. The predicted octanol–water partition coefficient (Wildman–Crippen LogP) is -0.0540. The second-order valence-electron chi connectivity index (χ2n) is 1.90. The van der Waals surface area contributed by atoms with E-state index in [1.807, 2.05) is 0 Å². The molecule has 1 aromatic rings. The molecule has 4 heteroatoms. The van der Waals surface area contributed by atoms with Crippen LogP contribution in [-0.2, 0) is 0 Å². The first kappa shape index (κ1) is 6.85. The molecule has 4 nitrogen and oxygen atoms in total. The van der Waals surface area contributed by atoms with Crippen LogP contribution in [-0.4, -0.2) is 5.11 Å². The number of benzene rings is 1.